The summed E-state index contributed by atoms with van der Waals surface area (Å²) in [5.74, 6) is 0.871. The normalized spacial score (nSPS) is 26.3. The number of H-pyrrole nitrogens is 1. The molecule has 2 aromatic rings. The van der Waals surface area contributed by atoms with E-state index in [2.05, 4.69) is 46.5 Å². The molecule has 112 valence electrons. The minimum Gasteiger partial charge on any atom is -0.361 e. The summed E-state index contributed by atoms with van der Waals surface area (Å²) in [7, 11) is 0. The second kappa shape index (κ2) is 5.47. The van der Waals surface area contributed by atoms with Crippen molar-refractivity contribution < 1.29 is 0 Å². The molecule has 3 nitrogen and oxygen atoms in total. The van der Waals surface area contributed by atoms with E-state index in [0.717, 1.165) is 24.9 Å². The number of likely N-dealkylation sites (tertiary alicyclic amines) is 1. The Balaban J connectivity index is 1.62. The lowest BCUT2D eigenvalue weighted by Crippen LogP contribution is -2.44. The van der Waals surface area contributed by atoms with Crippen molar-refractivity contribution >= 4 is 10.9 Å². The quantitative estimate of drug-likeness (QED) is 0.907. The summed E-state index contributed by atoms with van der Waals surface area (Å²) in [5.41, 5.74) is 4.23. The van der Waals surface area contributed by atoms with Crippen LogP contribution in [0.2, 0.25) is 0 Å². The lowest BCUT2D eigenvalue weighted by atomic mass is 9.91. The van der Waals surface area contributed by atoms with Crippen molar-refractivity contribution in [3.8, 4) is 0 Å². The fourth-order valence-electron chi connectivity index (χ4n) is 4.28. The molecule has 2 aliphatic rings. The van der Waals surface area contributed by atoms with Gasteiger partial charge in [0.1, 0.15) is 0 Å². The van der Waals surface area contributed by atoms with Crippen molar-refractivity contribution in [2.75, 3.05) is 19.6 Å². The number of aromatic nitrogens is 1. The highest BCUT2D eigenvalue weighted by molar-refractivity contribution is 5.86. The average molecular weight is 283 g/mol. The molecule has 3 heterocycles. The van der Waals surface area contributed by atoms with E-state index in [0.29, 0.717) is 0 Å². The van der Waals surface area contributed by atoms with E-state index in [4.69, 9.17) is 0 Å². The zero-order valence-electron chi connectivity index (χ0n) is 12.9. The van der Waals surface area contributed by atoms with Crippen LogP contribution in [0.25, 0.3) is 10.9 Å². The number of para-hydroxylation sites is 1. The molecular weight excluding hydrogens is 258 g/mol. The van der Waals surface area contributed by atoms with Crippen LogP contribution in [0, 0.1) is 5.92 Å². The third kappa shape index (κ3) is 2.29. The van der Waals surface area contributed by atoms with Crippen LogP contribution in [0.15, 0.2) is 24.4 Å². The lowest BCUT2D eigenvalue weighted by molar-refractivity contribution is 0.118. The Bertz CT molecular complexity index is 630. The Morgan fingerprint density at radius 2 is 2.19 bits per heavy atom. The van der Waals surface area contributed by atoms with E-state index in [1.54, 1.807) is 0 Å². The molecule has 21 heavy (non-hydrogen) atoms. The maximum atomic E-state index is 3.58. The van der Waals surface area contributed by atoms with Crippen molar-refractivity contribution in [1.29, 1.82) is 0 Å². The van der Waals surface area contributed by atoms with Gasteiger partial charge in [-0.15, -0.1) is 0 Å². The zero-order valence-corrected chi connectivity index (χ0v) is 12.9. The highest BCUT2D eigenvalue weighted by atomic mass is 15.2. The molecule has 0 radical (unpaired) electrons. The molecule has 0 amide bonds. The van der Waals surface area contributed by atoms with Crippen LogP contribution < -0.4 is 5.32 Å². The lowest BCUT2D eigenvalue weighted by Gasteiger charge is -2.36. The van der Waals surface area contributed by atoms with Gasteiger partial charge in [-0.05, 0) is 49.4 Å². The Hall–Kier alpha value is -1.32. The van der Waals surface area contributed by atoms with Gasteiger partial charge in [0.2, 0.25) is 0 Å². The Labute approximate surface area is 126 Å². The molecule has 4 rings (SSSR count). The summed E-state index contributed by atoms with van der Waals surface area (Å²) >= 11 is 0. The largest absolute Gasteiger partial charge is 0.361 e. The molecule has 2 fully saturated rings. The predicted molar refractivity (Wildman–Crippen MR) is 87.5 cm³/mol. The van der Waals surface area contributed by atoms with E-state index >= 15 is 0 Å². The molecule has 3 heteroatoms. The van der Waals surface area contributed by atoms with Crippen LogP contribution in [-0.4, -0.2) is 35.6 Å². The number of aryl methyl sites for hydroxylation is 1. The first kappa shape index (κ1) is 13.4. The molecule has 1 aromatic heterocycles. The Kier molecular flexibility index (Phi) is 3.48. The van der Waals surface area contributed by atoms with Crippen molar-refractivity contribution in [2.45, 2.75) is 38.8 Å². The molecule has 0 aliphatic carbocycles. The van der Waals surface area contributed by atoms with Gasteiger partial charge < -0.3 is 10.3 Å². The third-order valence-electron chi connectivity index (χ3n) is 5.44. The van der Waals surface area contributed by atoms with E-state index in [1.807, 2.05) is 0 Å². The maximum absolute atomic E-state index is 3.58. The van der Waals surface area contributed by atoms with Crippen molar-refractivity contribution in [2.24, 2.45) is 5.92 Å². The SMILES string of the molecule is CCc1cccc2c(CN3CCCC4CNCC43)c[nH]c12. The minimum absolute atomic E-state index is 0.748. The summed E-state index contributed by atoms with van der Waals surface area (Å²) in [4.78, 5) is 6.22. The zero-order chi connectivity index (χ0) is 14.2. The van der Waals surface area contributed by atoms with Gasteiger partial charge in [0.05, 0.1) is 0 Å². The van der Waals surface area contributed by atoms with Gasteiger partial charge in [-0.25, -0.2) is 0 Å². The van der Waals surface area contributed by atoms with Gasteiger partial charge >= 0.3 is 0 Å². The fraction of sp³-hybridized carbons (Fsp3) is 0.556. The molecule has 2 unspecified atom stereocenters. The van der Waals surface area contributed by atoms with E-state index < -0.39 is 0 Å². The number of fused-ring (bicyclic) bond motifs is 2. The number of piperidine rings is 1. The van der Waals surface area contributed by atoms with Gasteiger partial charge in [-0.3, -0.25) is 4.90 Å². The summed E-state index contributed by atoms with van der Waals surface area (Å²) in [6.45, 7) is 6.97. The smallest absolute Gasteiger partial charge is 0.0489 e. The number of aromatic amines is 1. The minimum atomic E-state index is 0.748. The summed E-state index contributed by atoms with van der Waals surface area (Å²) in [5, 5.41) is 5.00. The molecule has 2 N–H and O–H groups in total. The van der Waals surface area contributed by atoms with E-state index in [-0.39, 0.29) is 0 Å². The molecule has 0 spiro atoms. The van der Waals surface area contributed by atoms with Crippen LogP contribution in [0.3, 0.4) is 0 Å². The van der Waals surface area contributed by atoms with Gasteiger partial charge in [-0.1, -0.05) is 25.1 Å². The number of hydrogen-bond donors (Lipinski definition) is 2. The summed E-state index contributed by atoms with van der Waals surface area (Å²) in [6.07, 6.45) is 6.08. The molecule has 2 aliphatic heterocycles. The van der Waals surface area contributed by atoms with Crippen LogP contribution in [0.4, 0.5) is 0 Å². The molecule has 2 saturated heterocycles. The highest BCUT2D eigenvalue weighted by Crippen LogP contribution is 2.30. The van der Waals surface area contributed by atoms with Crippen LogP contribution >= 0.6 is 0 Å². The average Bonchev–Trinajstić information content (AvgIpc) is 3.14. The Morgan fingerprint density at radius 1 is 1.24 bits per heavy atom. The number of benzene rings is 1. The fourth-order valence-corrected chi connectivity index (χ4v) is 4.28. The van der Waals surface area contributed by atoms with E-state index in [1.165, 1.54) is 54.5 Å². The van der Waals surface area contributed by atoms with E-state index in [9.17, 15) is 0 Å². The predicted octanol–water partition coefficient (Wildman–Crippen LogP) is 2.91. The van der Waals surface area contributed by atoms with Crippen LogP contribution in [0.5, 0.6) is 0 Å². The van der Waals surface area contributed by atoms with Crippen LogP contribution in [0.1, 0.15) is 30.9 Å². The third-order valence-corrected chi connectivity index (χ3v) is 5.44. The first-order chi connectivity index (χ1) is 10.4. The first-order valence-electron chi connectivity index (χ1n) is 8.39. The number of rotatable bonds is 3. The standard InChI is InChI=1S/C18H25N3/c1-2-13-5-3-7-16-15(10-20-18(13)16)12-21-8-4-6-14-9-19-11-17(14)21/h3,5,7,10,14,17,19-20H,2,4,6,8-9,11-12H2,1H3. The molecule has 2 atom stereocenters. The van der Waals surface area contributed by atoms with Crippen molar-refractivity contribution in [1.82, 2.24) is 15.2 Å². The van der Waals surface area contributed by atoms with Gasteiger partial charge in [0.15, 0.2) is 0 Å². The number of nitrogens with zero attached hydrogens (tertiary/aromatic N) is 1. The summed E-state index contributed by atoms with van der Waals surface area (Å²) in [6, 6.07) is 7.46. The van der Waals surface area contributed by atoms with Crippen molar-refractivity contribution in [3.63, 3.8) is 0 Å². The first-order valence-corrected chi connectivity index (χ1v) is 8.39. The van der Waals surface area contributed by atoms with Gasteiger partial charge in [0, 0.05) is 36.2 Å². The molecule has 0 bridgehead atoms. The van der Waals surface area contributed by atoms with Crippen LogP contribution in [-0.2, 0) is 13.0 Å². The monoisotopic (exact) mass is 283 g/mol. The number of hydrogen-bond acceptors (Lipinski definition) is 2. The number of nitrogens with one attached hydrogen (secondary N) is 2. The molecule has 0 saturated carbocycles. The van der Waals surface area contributed by atoms with Gasteiger partial charge in [0.25, 0.3) is 0 Å². The topological polar surface area (TPSA) is 31.1 Å². The molecule has 1 aromatic carbocycles. The molecular formula is C18H25N3. The van der Waals surface area contributed by atoms with Gasteiger partial charge in [-0.2, -0.15) is 0 Å². The second-order valence-electron chi connectivity index (χ2n) is 6.61. The highest BCUT2D eigenvalue weighted by Gasteiger charge is 2.34. The Morgan fingerprint density at radius 3 is 3.10 bits per heavy atom. The van der Waals surface area contributed by atoms with Crippen molar-refractivity contribution in [3.05, 3.63) is 35.5 Å². The summed E-state index contributed by atoms with van der Waals surface area (Å²) < 4.78 is 0. The second-order valence-corrected chi connectivity index (χ2v) is 6.61. The maximum Gasteiger partial charge on any atom is 0.0489 e.